The van der Waals surface area contributed by atoms with Gasteiger partial charge in [0.25, 0.3) is 20.0 Å². The van der Waals surface area contributed by atoms with E-state index in [-0.39, 0.29) is 30.2 Å². The third kappa shape index (κ3) is 7.09. The van der Waals surface area contributed by atoms with Crippen molar-refractivity contribution in [3.05, 3.63) is 60.7 Å². The Hall–Kier alpha value is -1.46. The molecule has 1 aliphatic heterocycles. The SMILES string of the molecule is CC(C)(C)[Si](C)(C)OC[C@H]1O[C@H](N(S(=O)(=O)c2ccccc2)S(=O)(=O)c2ccccc2)[C@@H](F)C1O[Si](C)(C)C(C)(C)C. The summed E-state index contributed by atoms with van der Waals surface area (Å²) in [7, 11) is -14.6. The number of alkyl halides is 1. The van der Waals surface area contributed by atoms with Crippen LogP contribution in [0.25, 0.3) is 0 Å². The van der Waals surface area contributed by atoms with Crippen LogP contribution in [-0.4, -0.2) is 68.4 Å². The summed E-state index contributed by atoms with van der Waals surface area (Å²) < 4.78 is 92.1. The minimum Gasteiger partial charge on any atom is -0.414 e. The zero-order chi connectivity index (χ0) is 31.9. The fraction of sp³-hybridized carbons (Fsp3) is 0.586. The fourth-order valence-electron chi connectivity index (χ4n) is 3.96. The fourth-order valence-corrected chi connectivity index (χ4v) is 10.1. The first kappa shape index (κ1) is 35.0. The van der Waals surface area contributed by atoms with Gasteiger partial charge in [-0.25, -0.2) is 21.2 Å². The maximum atomic E-state index is 16.8. The number of hydrogen-bond donors (Lipinski definition) is 0. The molecule has 1 unspecified atom stereocenters. The van der Waals surface area contributed by atoms with E-state index in [0.717, 1.165) is 0 Å². The van der Waals surface area contributed by atoms with Crippen molar-refractivity contribution in [2.24, 2.45) is 0 Å². The molecule has 2 aromatic carbocycles. The lowest BCUT2D eigenvalue weighted by Crippen LogP contribution is -2.52. The summed E-state index contributed by atoms with van der Waals surface area (Å²) in [6.45, 7) is 20.2. The Morgan fingerprint density at radius 3 is 1.55 bits per heavy atom. The van der Waals surface area contributed by atoms with Crippen molar-refractivity contribution in [3.63, 3.8) is 0 Å². The molecule has 0 N–H and O–H groups in total. The van der Waals surface area contributed by atoms with Crippen LogP contribution in [-0.2, 0) is 33.6 Å². The minimum absolute atomic E-state index is 0.0721. The predicted molar refractivity (Wildman–Crippen MR) is 168 cm³/mol. The molecule has 1 fully saturated rings. The molecule has 1 aliphatic rings. The van der Waals surface area contributed by atoms with Crippen LogP contribution in [0.2, 0.25) is 36.3 Å². The van der Waals surface area contributed by atoms with Gasteiger partial charge < -0.3 is 13.6 Å². The third-order valence-corrected chi connectivity index (χ3v) is 21.9. The molecule has 0 saturated carbocycles. The van der Waals surface area contributed by atoms with Crippen LogP contribution < -0.4 is 0 Å². The summed E-state index contributed by atoms with van der Waals surface area (Å²) in [6, 6.07) is 14.2. The number of halogens is 1. The third-order valence-electron chi connectivity index (χ3n) is 8.68. The molecule has 0 spiro atoms. The molecule has 13 heteroatoms. The Morgan fingerprint density at radius 1 is 0.762 bits per heavy atom. The topological polar surface area (TPSA) is 99.2 Å². The van der Waals surface area contributed by atoms with E-state index in [1.807, 2.05) is 47.0 Å². The van der Waals surface area contributed by atoms with Gasteiger partial charge >= 0.3 is 0 Å². The molecule has 0 aliphatic carbocycles. The molecular formula is C29H46FNO7S2Si2. The first-order valence-corrected chi connectivity index (χ1v) is 22.7. The standard InChI is InChI=1S/C29H46FNO7S2Si2/c1-28(2,3)41(7,8)36-21-24-26(38-42(9,10)29(4,5)6)25(30)27(37-24)31(39(32,33)22-17-13-11-14-18-22)40(34,35)23-19-15-12-16-20-23/h11-20,24-27H,21H2,1-10H3/t24-,25+,26?,27+/m1/s1. The molecule has 42 heavy (non-hydrogen) atoms. The Kier molecular flexibility index (Phi) is 10.1. The van der Waals surface area contributed by atoms with E-state index in [1.165, 1.54) is 48.5 Å². The summed E-state index contributed by atoms with van der Waals surface area (Å²) in [6.07, 6.45) is -6.43. The predicted octanol–water partition coefficient (Wildman–Crippen LogP) is 6.54. The van der Waals surface area contributed by atoms with Crippen LogP contribution in [0.5, 0.6) is 0 Å². The Morgan fingerprint density at radius 2 is 1.17 bits per heavy atom. The summed E-state index contributed by atoms with van der Waals surface area (Å²) in [5, 5.41) is -0.462. The maximum absolute atomic E-state index is 16.8. The second-order valence-corrected chi connectivity index (χ2v) is 27.2. The molecule has 0 radical (unpaired) electrons. The van der Waals surface area contributed by atoms with Crippen molar-refractivity contribution < 1.29 is 34.8 Å². The van der Waals surface area contributed by atoms with Gasteiger partial charge in [0, 0.05) is 0 Å². The Labute approximate surface area is 253 Å². The smallest absolute Gasteiger partial charge is 0.258 e. The monoisotopic (exact) mass is 659 g/mol. The van der Waals surface area contributed by atoms with Gasteiger partial charge in [0.1, 0.15) is 12.2 Å². The number of rotatable bonds is 10. The molecule has 1 heterocycles. The van der Waals surface area contributed by atoms with Crippen LogP contribution >= 0.6 is 0 Å². The van der Waals surface area contributed by atoms with E-state index in [0.29, 0.717) is 0 Å². The number of benzene rings is 2. The van der Waals surface area contributed by atoms with Crippen LogP contribution in [0, 0.1) is 0 Å². The highest BCUT2D eigenvalue weighted by Gasteiger charge is 2.58. The molecule has 3 rings (SSSR count). The lowest BCUT2D eigenvalue weighted by Gasteiger charge is -2.41. The average Bonchev–Trinajstić information content (AvgIpc) is 3.16. The highest BCUT2D eigenvalue weighted by Crippen LogP contribution is 2.43. The molecule has 4 atom stereocenters. The van der Waals surface area contributed by atoms with E-state index < -0.39 is 61.3 Å². The number of hydrogen-bond acceptors (Lipinski definition) is 7. The normalized spacial score (nSPS) is 23.0. The first-order chi connectivity index (χ1) is 19.0. The van der Waals surface area contributed by atoms with Gasteiger partial charge in [0.2, 0.25) is 0 Å². The van der Waals surface area contributed by atoms with Crippen molar-refractivity contribution in [3.8, 4) is 0 Å². The van der Waals surface area contributed by atoms with E-state index in [2.05, 4.69) is 20.8 Å². The summed E-state index contributed by atoms with van der Waals surface area (Å²) in [5.74, 6) is 0. The molecule has 0 amide bonds. The lowest BCUT2D eigenvalue weighted by atomic mass is 10.1. The van der Waals surface area contributed by atoms with Gasteiger partial charge in [0.15, 0.2) is 29.0 Å². The molecule has 1 saturated heterocycles. The highest BCUT2D eigenvalue weighted by molar-refractivity contribution is 8.04. The molecule has 236 valence electrons. The quantitative estimate of drug-likeness (QED) is 0.267. The van der Waals surface area contributed by atoms with E-state index >= 15 is 4.39 Å². The van der Waals surface area contributed by atoms with Gasteiger partial charge in [0.05, 0.1) is 16.4 Å². The number of sulfonamides is 2. The van der Waals surface area contributed by atoms with Gasteiger partial charge in [-0.2, -0.15) is 0 Å². The number of ether oxygens (including phenoxy) is 1. The molecule has 0 aromatic heterocycles. The average molecular weight is 660 g/mol. The van der Waals surface area contributed by atoms with E-state index in [9.17, 15) is 16.8 Å². The molecule has 2 aromatic rings. The van der Waals surface area contributed by atoms with E-state index in [4.69, 9.17) is 13.6 Å². The van der Waals surface area contributed by atoms with E-state index in [1.54, 1.807) is 12.1 Å². The molecule has 8 nitrogen and oxygen atoms in total. The van der Waals surface area contributed by atoms with Crippen molar-refractivity contribution in [2.45, 2.75) is 112 Å². The van der Waals surface area contributed by atoms with Gasteiger partial charge in [-0.1, -0.05) is 81.7 Å². The first-order valence-electron chi connectivity index (χ1n) is 14.1. The zero-order valence-corrected chi connectivity index (χ0v) is 29.9. The van der Waals surface area contributed by atoms with Crippen LogP contribution in [0.3, 0.4) is 0 Å². The van der Waals surface area contributed by atoms with Gasteiger partial charge in [-0.3, -0.25) is 0 Å². The van der Waals surface area contributed by atoms with Gasteiger partial charge in [-0.05, 0) is 60.5 Å². The van der Waals surface area contributed by atoms with Crippen molar-refractivity contribution in [1.29, 1.82) is 0 Å². The lowest BCUT2D eigenvalue weighted by molar-refractivity contribution is -0.0375. The van der Waals surface area contributed by atoms with Crippen molar-refractivity contribution in [1.82, 2.24) is 3.71 Å². The number of nitrogens with zero attached hydrogens (tertiary/aromatic N) is 1. The summed E-state index contributed by atoms with van der Waals surface area (Å²) in [5.41, 5.74) is 0. The second-order valence-electron chi connectivity index (χ2n) is 13.8. The Bertz CT molecular complexity index is 1360. The zero-order valence-electron chi connectivity index (χ0n) is 26.3. The van der Waals surface area contributed by atoms with Crippen molar-refractivity contribution >= 4 is 36.7 Å². The maximum Gasteiger partial charge on any atom is 0.258 e. The minimum atomic E-state index is -4.80. The molecule has 0 bridgehead atoms. The van der Waals surface area contributed by atoms with Gasteiger partial charge in [-0.15, -0.1) is 0 Å². The molecular weight excluding hydrogens is 614 g/mol. The van der Waals surface area contributed by atoms with Crippen LogP contribution in [0.4, 0.5) is 4.39 Å². The van der Waals surface area contributed by atoms with Crippen LogP contribution in [0.15, 0.2) is 70.5 Å². The van der Waals surface area contributed by atoms with Crippen molar-refractivity contribution in [2.75, 3.05) is 6.61 Å². The second kappa shape index (κ2) is 12.1. The Balaban J connectivity index is 2.16. The van der Waals surface area contributed by atoms with Crippen LogP contribution in [0.1, 0.15) is 41.5 Å². The largest absolute Gasteiger partial charge is 0.414 e. The summed E-state index contributed by atoms with van der Waals surface area (Å²) in [4.78, 5) is -0.605. The highest BCUT2D eigenvalue weighted by atomic mass is 32.3. The summed E-state index contributed by atoms with van der Waals surface area (Å²) >= 11 is 0.